The average Bonchev–Trinajstić information content (AvgIpc) is 2.93. The van der Waals surface area contributed by atoms with Crippen molar-refractivity contribution in [3.05, 3.63) is 63.1 Å². The molecule has 0 spiro atoms. The molecule has 1 saturated heterocycles. The molecule has 2 aliphatic rings. The fourth-order valence-electron chi connectivity index (χ4n) is 4.46. The lowest BCUT2D eigenvalue weighted by molar-refractivity contribution is 0.0833. The van der Waals surface area contributed by atoms with Crippen LogP contribution in [0.3, 0.4) is 0 Å². The first-order valence-electron chi connectivity index (χ1n) is 11.6. The summed E-state index contributed by atoms with van der Waals surface area (Å²) in [5, 5.41) is 13.1. The fourth-order valence-corrected chi connectivity index (χ4v) is 7.23. The summed E-state index contributed by atoms with van der Waals surface area (Å²) in [6.45, 7) is 8.29. The van der Waals surface area contributed by atoms with Crippen LogP contribution in [-0.4, -0.2) is 50.5 Å². The molecule has 0 bridgehead atoms. The number of hydrogen-bond acceptors (Lipinski definition) is 5. The number of halogens is 2. The average molecular weight is 506 g/mol. The lowest BCUT2D eigenvalue weighted by Crippen LogP contribution is -2.41. The van der Waals surface area contributed by atoms with E-state index in [1.54, 1.807) is 4.67 Å². The van der Waals surface area contributed by atoms with E-state index >= 15 is 0 Å². The van der Waals surface area contributed by atoms with Crippen LogP contribution in [0.25, 0.3) is 0 Å². The van der Waals surface area contributed by atoms with Crippen molar-refractivity contribution in [2.45, 2.75) is 40.0 Å². The standard InChI is InChI=1S/C24H29F2N4O4P/c1-14(2)10-29-11-15(3)6-7-30-24(34)20-22(32)21(31)18(12-28(20)13-35(29)30)23(33)27-9-16-4-5-17(25)8-19(16)26/h4-5,8,12,14-15,32H,6-7,9-11,13H2,1-3H3,(H,27,33). The number of hydrogen-bond donors (Lipinski definition) is 2. The summed E-state index contributed by atoms with van der Waals surface area (Å²) in [6, 6.07) is 2.98. The van der Waals surface area contributed by atoms with E-state index in [0.29, 0.717) is 30.7 Å². The molecule has 2 N–H and O–H groups in total. The summed E-state index contributed by atoms with van der Waals surface area (Å²) in [7, 11) is -1.08. The zero-order valence-electron chi connectivity index (χ0n) is 19.9. The topological polar surface area (TPSA) is 94.9 Å². The van der Waals surface area contributed by atoms with E-state index in [1.807, 2.05) is 0 Å². The molecule has 188 valence electrons. The molecule has 1 aromatic heterocycles. The van der Waals surface area contributed by atoms with Gasteiger partial charge in [0.05, 0.1) is 14.5 Å². The molecule has 2 amide bonds. The van der Waals surface area contributed by atoms with Crippen molar-refractivity contribution in [2.24, 2.45) is 11.8 Å². The minimum absolute atomic E-state index is 0.0493. The van der Waals surface area contributed by atoms with Gasteiger partial charge in [0, 0.05) is 44.0 Å². The molecule has 0 saturated carbocycles. The zero-order chi connectivity index (χ0) is 25.4. The van der Waals surface area contributed by atoms with Crippen molar-refractivity contribution in [2.75, 3.05) is 19.6 Å². The number of aromatic hydroxyl groups is 1. The Bertz CT molecular complexity index is 1220. The van der Waals surface area contributed by atoms with Crippen LogP contribution in [0.1, 0.15) is 53.6 Å². The molecule has 1 aromatic carbocycles. The molecule has 2 unspecified atom stereocenters. The first-order chi connectivity index (χ1) is 16.6. The first-order valence-corrected chi connectivity index (χ1v) is 13.0. The fraction of sp³-hybridized carbons (Fsp3) is 0.458. The summed E-state index contributed by atoms with van der Waals surface area (Å²) in [4.78, 5) is 39.0. The van der Waals surface area contributed by atoms with Crippen molar-refractivity contribution in [3.63, 3.8) is 0 Å². The number of benzene rings is 1. The Kier molecular flexibility index (Phi) is 7.24. The number of nitrogens with zero attached hydrogens (tertiary/aromatic N) is 3. The molecule has 3 heterocycles. The summed E-state index contributed by atoms with van der Waals surface area (Å²) < 4.78 is 32.6. The molecule has 0 aliphatic carbocycles. The molecular weight excluding hydrogens is 477 g/mol. The van der Waals surface area contributed by atoms with Gasteiger partial charge in [0.15, 0.2) is 11.4 Å². The number of amides is 2. The van der Waals surface area contributed by atoms with Crippen LogP contribution in [0.4, 0.5) is 8.78 Å². The van der Waals surface area contributed by atoms with Gasteiger partial charge in [-0.05, 0) is 24.3 Å². The SMILES string of the molecule is CC(C)CN1CC(C)CCN2C(=O)c3c(O)c(=O)c(C(=O)NCc4ccc(F)cc4F)cn3CP12. The molecule has 1 fully saturated rings. The highest BCUT2D eigenvalue weighted by molar-refractivity contribution is 7.52. The largest absolute Gasteiger partial charge is 0.503 e. The second-order valence-electron chi connectivity index (χ2n) is 9.56. The molecule has 2 aliphatic heterocycles. The van der Waals surface area contributed by atoms with E-state index in [1.165, 1.54) is 16.8 Å². The Labute approximate surface area is 203 Å². The van der Waals surface area contributed by atoms with Gasteiger partial charge in [-0.1, -0.05) is 26.8 Å². The second kappa shape index (κ2) is 10.0. The van der Waals surface area contributed by atoms with Crippen LogP contribution in [0.15, 0.2) is 29.2 Å². The number of nitrogens with one attached hydrogen (secondary N) is 1. The molecule has 4 rings (SSSR count). The highest BCUT2D eigenvalue weighted by Crippen LogP contribution is 2.52. The predicted molar refractivity (Wildman–Crippen MR) is 128 cm³/mol. The summed E-state index contributed by atoms with van der Waals surface area (Å²) >= 11 is 0. The van der Waals surface area contributed by atoms with Gasteiger partial charge in [-0.15, -0.1) is 0 Å². The number of carbonyl (C=O) groups is 2. The van der Waals surface area contributed by atoms with Gasteiger partial charge in [-0.3, -0.25) is 19.1 Å². The Balaban J connectivity index is 1.65. The van der Waals surface area contributed by atoms with Crippen LogP contribution >= 0.6 is 8.22 Å². The molecular formula is C24H29F2N4O4P. The molecule has 8 nitrogen and oxygen atoms in total. The third-order valence-corrected chi connectivity index (χ3v) is 8.68. The molecule has 2 aromatic rings. The smallest absolute Gasteiger partial charge is 0.278 e. The van der Waals surface area contributed by atoms with Gasteiger partial charge < -0.3 is 19.7 Å². The van der Waals surface area contributed by atoms with Crippen molar-refractivity contribution in [1.29, 1.82) is 0 Å². The Morgan fingerprint density at radius 1 is 1.29 bits per heavy atom. The molecule has 11 heteroatoms. The maximum Gasteiger partial charge on any atom is 0.278 e. The lowest BCUT2D eigenvalue weighted by Gasteiger charge is -2.42. The minimum atomic E-state index is -1.08. The Morgan fingerprint density at radius 2 is 2.03 bits per heavy atom. The van der Waals surface area contributed by atoms with E-state index in [9.17, 15) is 28.3 Å². The molecule has 0 radical (unpaired) electrons. The normalized spacial score (nSPS) is 20.4. The number of pyridine rings is 1. The van der Waals surface area contributed by atoms with Crippen LogP contribution in [0, 0.1) is 23.5 Å². The van der Waals surface area contributed by atoms with Crippen LogP contribution < -0.4 is 10.7 Å². The number of fused-ring (bicyclic) bond motifs is 2. The van der Waals surface area contributed by atoms with Gasteiger partial charge in [-0.2, -0.15) is 0 Å². The second-order valence-corrected chi connectivity index (χ2v) is 11.6. The highest BCUT2D eigenvalue weighted by Gasteiger charge is 2.41. The summed E-state index contributed by atoms with van der Waals surface area (Å²) in [5.74, 6) is -2.79. The van der Waals surface area contributed by atoms with E-state index in [2.05, 4.69) is 30.8 Å². The monoisotopic (exact) mass is 506 g/mol. The van der Waals surface area contributed by atoms with E-state index < -0.39 is 42.9 Å². The van der Waals surface area contributed by atoms with Gasteiger partial charge in [0.25, 0.3) is 11.8 Å². The Morgan fingerprint density at radius 3 is 2.71 bits per heavy atom. The minimum Gasteiger partial charge on any atom is -0.503 e. The van der Waals surface area contributed by atoms with Crippen LogP contribution in [0.2, 0.25) is 0 Å². The van der Waals surface area contributed by atoms with Crippen LogP contribution in [0.5, 0.6) is 5.75 Å². The van der Waals surface area contributed by atoms with Gasteiger partial charge >= 0.3 is 0 Å². The molecule has 2 atom stereocenters. The van der Waals surface area contributed by atoms with E-state index in [4.69, 9.17) is 0 Å². The molecule has 35 heavy (non-hydrogen) atoms. The lowest BCUT2D eigenvalue weighted by atomic mass is 10.1. The summed E-state index contributed by atoms with van der Waals surface area (Å²) in [6.07, 6.45) is 2.48. The Hall–Kier alpha value is -2.84. The number of rotatable bonds is 5. The van der Waals surface area contributed by atoms with Crippen molar-refractivity contribution in [1.82, 2.24) is 19.2 Å². The van der Waals surface area contributed by atoms with E-state index in [0.717, 1.165) is 25.6 Å². The quantitative estimate of drug-likeness (QED) is 0.606. The third-order valence-electron chi connectivity index (χ3n) is 6.21. The van der Waals surface area contributed by atoms with Crippen molar-refractivity contribution in [3.8, 4) is 5.75 Å². The van der Waals surface area contributed by atoms with Crippen molar-refractivity contribution < 1.29 is 23.5 Å². The highest BCUT2D eigenvalue weighted by atomic mass is 31.1. The maximum atomic E-state index is 13.9. The third kappa shape index (κ3) is 5.09. The van der Waals surface area contributed by atoms with Gasteiger partial charge in [0.1, 0.15) is 17.2 Å². The van der Waals surface area contributed by atoms with Crippen molar-refractivity contribution >= 4 is 20.0 Å². The summed E-state index contributed by atoms with van der Waals surface area (Å²) in [5.41, 5.74) is -1.37. The van der Waals surface area contributed by atoms with E-state index in [-0.39, 0.29) is 23.4 Å². The maximum absolute atomic E-state index is 13.9. The first kappa shape index (κ1) is 25.3. The van der Waals surface area contributed by atoms with Gasteiger partial charge in [0.2, 0.25) is 5.43 Å². The number of carbonyl (C=O) groups excluding carboxylic acids is 2. The van der Waals surface area contributed by atoms with Crippen LogP contribution in [-0.2, 0) is 12.8 Å². The van der Waals surface area contributed by atoms with Gasteiger partial charge in [-0.25, -0.2) is 8.78 Å². The number of aromatic nitrogens is 1. The predicted octanol–water partition coefficient (Wildman–Crippen LogP) is 3.49. The zero-order valence-corrected chi connectivity index (χ0v) is 20.8.